The number of imidazole rings is 3. The van der Waals surface area contributed by atoms with Crippen molar-refractivity contribution in [2.75, 3.05) is 0 Å². The van der Waals surface area contributed by atoms with E-state index in [1.54, 1.807) is 0 Å². The Morgan fingerprint density at radius 2 is 1.00 bits per heavy atom. The molecular formula is C12H15N6P. The first-order chi connectivity index (χ1) is 9.13. The molecule has 6 nitrogen and oxygen atoms in total. The van der Waals surface area contributed by atoms with Gasteiger partial charge in [0.2, 0.25) is 0 Å². The van der Waals surface area contributed by atoms with Gasteiger partial charge in [-0.1, -0.05) is 0 Å². The highest BCUT2D eigenvalue weighted by Crippen LogP contribution is 2.28. The Morgan fingerprint density at radius 1 is 0.684 bits per heavy atom. The first-order valence-corrected chi connectivity index (χ1v) is 7.32. The van der Waals surface area contributed by atoms with Crippen LogP contribution < -0.4 is 16.7 Å². The van der Waals surface area contributed by atoms with Crippen molar-refractivity contribution in [3.63, 3.8) is 0 Å². The Balaban J connectivity index is 2.10. The van der Waals surface area contributed by atoms with Crippen molar-refractivity contribution in [3.8, 4) is 0 Å². The number of nitrogens with one attached hydrogen (secondary N) is 3. The molecule has 0 radical (unpaired) electrons. The van der Waals surface area contributed by atoms with E-state index in [0.29, 0.717) is 0 Å². The number of aromatic amines is 3. The van der Waals surface area contributed by atoms with Crippen LogP contribution in [0.15, 0.2) is 18.6 Å². The molecule has 0 bridgehead atoms. The molecule has 3 heterocycles. The Bertz CT molecular complexity index is 599. The molecule has 19 heavy (non-hydrogen) atoms. The second kappa shape index (κ2) is 4.63. The number of nitrogens with zero attached hydrogens (tertiary/aromatic N) is 3. The molecule has 0 spiro atoms. The predicted octanol–water partition coefficient (Wildman–Crippen LogP) is 0.539. The van der Waals surface area contributed by atoms with Crippen LogP contribution in [0, 0.1) is 20.8 Å². The Hall–Kier alpha value is -1.94. The lowest BCUT2D eigenvalue weighted by Crippen LogP contribution is -2.27. The normalized spacial score (nSPS) is 11.4. The maximum atomic E-state index is 4.44. The van der Waals surface area contributed by atoms with Gasteiger partial charge in [-0.3, -0.25) is 0 Å². The van der Waals surface area contributed by atoms with Crippen LogP contribution in [-0.4, -0.2) is 29.9 Å². The van der Waals surface area contributed by atoms with Crippen LogP contribution in [0.5, 0.6) is 0 Å². The first kappa shape index (κ1) is 12.1. The number of rotatable bonds is 3. The van der Waals surface area contributed by atoms with E-state index in [-0.39, 0.29) is 0 Å². The van der Waals surface area contributed by atoms with Crippen LogP contribution in [0.2, 0.25) is 0 Å². The predicted molar refractivity (Wildman–Crippen MR) is 75.8 cm³/mol. The van der Waals surface area contributed by atoms with Gasteiger partial charge >= 0.3 is 0 Å². The standard InChI is InChI=1S/C12H15N6P/c1-7-4-13-10(16-7)19(11-14-5-8(2)17-11)12-15-6-9(3)18-12/h4-6H,1-3H3,(H,13,16)(H,14,17)(H,15,18). The van der Waals surface area contributed by atoms with Gasteiger partial charge in [0.15, 0.2) is 0 Å². The molecule has 3 rings (SSSR count). The van der Waals surface area contributed by atoms with Crippen molar-refractivity contribution < 1.29 is 0 Å². The zero-order chi connectivity index (χ0) is 13.4. The van der Waals surface area contributed by atoms with E-state index in [9.17, 15) is 0 Å². The van der Waals surface area contributed by atoms with E-state index in [2.05, 4.69) is 29.9 Å². The van der Waals surface area contributed by atoms with Crippen molar-refractivity contribution >= 4 is 24.6 Å². The van der Waals surface area contributed by atoms with Gasteiger partial charge in [0.1, 0.15) is 24.6 Å². The number of hydrogen-bond donors (Lipinski definition) is 3. The monoisotopic (exact) mass is 274 g/mol. The van der Waals surface area contributed by atoms with Gasteiger partial charge in [0, 0.05) is 35.7 Å². The second-order valence-electron chi connectivity index (χ2n) is 4.50. The maximum Gasteiger partial charge on any atom is 0.144 e. The second-order valence-corrected chi connectivity index (χ2v) is 6.45. The first-order valence-electron chi connectivity index (χ1n) is 5.98. The summed E-state index contributed by atoms with van der Waals surface area (Å²) in [6, 6.07) is 0. The summed E-state index contributed by atoms with van der Waals surface area (Å²) < 4.78 is 0. The van der Waals surface area contributed by atoms with Gasteiger partial charge in [-0.05, 0) is 20.8 Å². The van der Waals surface area contributed by atoms with E-state index >= 15 is 0 Å². The molecule has 0 aliphatic heterocycles. The summed E-state index contributed by atoms with van der Waals surface area (Å²) in [4.78, 5) is 23.2. The zero-order valence-corrected chi connectivity index (χ0v) is 11.9. The summed E-state index contributed by atoms with van der Waals surface area (Å²) in [7, 11) is -0.883. The van der Waals surface area contributed by atoms with Crippen molar-refractivity contribution in [2.24, 2.45) is 0 Å². The summed E-state index contributed by atoms with van der Waals surface area (Å²) in [6.07, 6.45) is 5.49. The SMILES string of the molecule is Cc1cnc(P(c2ncc(C)[nH]2)c2ncc(C)[nH]2)[nH]1. The number of hydrogen-bond acceptors (Lipinski definition) is 3. The van der Waals surface area contributed by atoms with Gasteiger partial charge in [0.25, 0.3) is 0 Å². The maximum absolute atomic E-state index is 4.44. The van der Waals surface area contributed by atoms with Crippen molar-refractivity contribution in [1.82, 2.24) is 29.9 Å². The molecule has 0 saturated carbocycles. The molecule has 0 aliphatic carbocycles. The van der Waals surface area contributed by atoms with E-state index in [4.69, 9.17) is 0 Å². The summed E-state index contributed by atoms with van der Waals surface area (Å²) in [6.45, 7) is 5.97. The molecule has 0 amide bonds. The zero-order valence-electron chi connectivity index (χ0n) is 11.0. The van der Waals surface area contributed by atoms with Crippen LogP contribution in [0.1, 0.15) is 17.1 Å². The molecule has 0 aliphatic rings. The topological polar surface area (TPSA) is 86.0 Å². The van der Waals surface area contributed by atoms with Crippen molar-refractivity contribution in [1.29, 1.82) is 0 Å². The average Bonchev–Trinajstić information content (AvgIpc) is 3.05. The lowest BCUT2D eigenvalue weighted by Gasteiger charge is -2.09. The van der Waals surface area contributed by atoms with Crippen LogP contribution in [0.25, 0.3) is 0 Å². The highest BCUT2D eigenvalue weighted by atomic mass is 31.1. The molecule has 7 heteroatoms. The van der Waals surface area contributed by atoms with Crippen LogP contribution in [0.3, 0.4) is 0 Å². The Morgan fingerprint density at radius 3 is 1.21 bits per heavy atom. The third kappa shape index (κ3) is 2.31. The molecule has 3 aromatic rings. The average molecular weight is 274 g/mol. The van der Waals surface area contributed by atoms with E-state index in [1.807, 2.05) is 39.4 Å². The fourth-order valence-electron chi connectivity index (χ4n) is 1.84. The highest BCUT2D eigenvalue weighted by molar-refractivity contribution is 7.78. The van der Waals surface area contributed by atoms with Gasteiger partial charge in [-0.15, -0.1) is 0 Å². The van der Waals surface area contributed by atoms with Crippen molar-refractivity contribution in [3.05, 3.63) is 35.7 Å². The van der Waals surface area contributed by atoms with E-state index < -0.39 is 7.92 Å². The summed E-state index contributed by atoms with van der Waals surface area (Å²) in [5.74, 6) is 0. The lowest BCUT2D eigenvalue weighted by molar-refractivity contribution is 1.27. The summed E-state index contributed by atoms with van der Waals surface area (Å²) in [5.41, 5.74) is 5.81. The van der Waals surface area contributed by atoms with Gasteiger partial charge in [0.05, 0.1) is 0 Å². The molecule has 0 saturated heterocycles. The van der Waals surface area contributed by atoms with Crippen LogP contribution in [-0.2, 0) is 0 Å². The minimum atomic E-state index is -0.883. The number of aromatic nitrogens is 6. The van der Waals surface area contributed by atoms with Gasteiger partial charge < -0.3 is 15.0 Å². The number of H-pyrrole nitrogens is 3. The summed E-state index contributed by atoms with van der Waals surface area (Å²) >= 11 is 0. The molecular weight excluding hydrogens is 259 g/mol. The lowest BCUT2D eigenvalue weighted by atomic mass is 10.6. The molecule has 3 N–H and O–H groups in total. The van der Waals surface area contributed by atoms with Crippen LogP contribution in [0.4, 0.5) is 0 Å². The fourth-order valence-corrected chi connectivity index (χ4v) is 3.82. The van der Waals surface area contributed by atoms with Gasteiger partial charge in [-0.2, -0.15) is 0 Å². The quantitative estimate of drug-likeness (QED) is 0.609. The summed E-state index contributed by atoms with van der Waals surface area (Å²) in [5, 5.41) is 0. The molecule has 0 unspecified atom stereocenters. The third-order valence-electron chi connectivity index (χ3n) is 2.70. The Labute approximate surface area is 111 Å². The highest BCUT2D eigenvalue weighted by Gasteiger charge is 2.25. The fraction of sp³-hybridized carbons (Fsp3) is 0.250. The smallest absolute Gasteiger partial charge is 0.144 e. The molecule has 3 aromatic heterocycles. The molecule has 0 aromatic carbocycles. The minimum Gasteiger partial charge on any atom is -0.342 e. The minimum absolute atomic E-state index is 0.883. The van der Waals surface area contributed by atoms with E-state index in [0.717, 1.165) is 33.8 Å². The van der Waals surface area contributed by atoms with Gasteiger partial charge in [-0.25, -0.2) is 15.0 Å². The number of aryl methyl sites for hydroxylation is 3. The van der Waals surface area contributed by atoms with Crippen LogP contribution >= 0.6 is 7.92 Å². The van der Waals surface area contributed by atoms with Crippen molar-refractivity contribution in [2.45, 2.75) is 20.8 Å². The largest absolute Gasteiger partial charge is 0.342 e. The Kier molecular flexibility index (Phi) is 2.95. The molecule has 0 atom stereocenters. The van der Waals surface area contributed by atoms with E-state index in [1.165, 1.54) is 0 Å². The molecule has 0 fully saturated rings. The third-order valence-corrected chi connectivity index (χ3v) is 4.66. The molecule has 98 valence electrons.